The molecule has 11 nitrogen and oxygen atoms in total. The molecule has 31 heavy (non-hydrogen) atoms. The van der Waals surface area contributed by atoms with Crippen LogP contribution in [0.25, 0.3) is 11.2 Å². The van der Waals surface area contributed by atoms with E-state index < -0.39 is 42.2 Å². The number of hydrogen-bond acceptors (Lipinski definition) is 9. The number of rotatable bonds is 6. The number of aromatic nitrogens is 4. The van der Waals surface area contributed by atoms with Crippen LogP contribution >= 0.6 is 11.6 Å². The molecule has 2 N–H and O–H groups in total. The van der Waals surface area contributed by atoms with Crippen molar-refractivity contribution in [3.63, 3.8) is 0 Å². The number of nitrogen functional groups attached to an aromatic ring is 1. The monoisotopic (exact) mass is 453 g/mol. The third-order valence-corrected chi connectivity index (χ3v) is 5.72. The van der Waals surface area contributed by atoms with Crippen LogP contribution in [0.2, 0.25) is 5.15 Å². The number of carbonyl (C=O) groups is 2. The summed E-state index contributed by atoms with van der Waals surface area (Å²) in [5.74, 6) is -0.908. The first-order valence-corrected chi connectivity index (χ1v) is 10.5. The molecule has 1 aliphatic heterocycles. The fourth-order valence-corrected chi connectivity index (χ4v) is 4.27. The molecule has 1 saturated heterocycles. The predicted octanol–water partition coefficient (Wildman–Crippen LogP) is 1.41. The van der Waals surface area contributed by atoms with E-state index in [0.29, 0.717) is 24.4 Å². The van der Waals surface area contributed by atoms with Gasteiger partial charge in [0, 0.05) is 20.4 Å². The summed E-state index contributed by atoms with van der Waals surface area (Å²) < 4.78 is 19.7. The second kappa shape index (κ2) is 8.12. The normalized spacial score (nSPS) is 25.7. The maximum Gasteiger partial charge on any atom is 0.332 e. The van der Waals surface area contributed by atoms with Crippen LogP contribution < -0.4 is 11.4 Å². The zero-order valence-corrected chi connectivity index (χ0v) is 18.2. The largest absolute Gasteiger partial charge is 0.456 e. The van der Waals surface area contributed by atoms with Crippen molar-refractivity contribution >= 4 is 40.7 Å². The number of ether oxygens (including phenoxy) is 3. The zero-order chi connectivity index (χ0) is 22.4. The molecule has 1 aliphatic carbocycles. The molecular formula is C19H24ClN5O6. The van der Waals surface area contributed by atoms with Crippen molar-refractivity contribution in [3.05, 3.63) is 15.6 Å². The summed E-state index contributed by atoms with van der Waals surface area (Å²) in [6, 6.07) is 0. The number of nitrogens with two attached hydrogens (primary N) is 1. The summed E-state index contributed by atoms with van der Waals surface area (Å²) in [6.07, 6.45) is -1.15. The van der Waals surface area contributed by atoms with Crippen LogP contribution in [-0.4, -0.2) is 49.4 Å². The van der Waals surface area contributed by atoms with Crippen LogP contribution in [0.4, 0.5) is 5.95 Å². The Balaban J connectivity index is 1.89. The highest BCUT2D eigenvalue weighted by Crippen LogP contribution is 2.38. The average Bonchev–Trinajstić information content (AvgIpc) is 3.38. The second-order valence-corrected chi connectivity index (χ2v) is 8.23. The first-order chi connectivity index (χ1) is 14.7. The fraction of sp³-hybridized carbons (Fsp3) is 0.632. The van der Waals surface area contributed by atoms with E-state index in [1.807, 2.05) is 6.92 Å². The van der Waals surface area contributed by atoms with E-state index in [0.717, 1.165) is 12.8 Å². The lowest BCUT2D eigenvalue weighted by molar-refractivity contribution is -0.165. The van der Waals surface area contributed by atoms with Gasteiger partial charge in [-0.05, 0) is 25.2 Å². The van der Waals surface area contributed by atoms with E-state index >= 15 is 0 Å². The zero-order valence-electron chi connectivity index (χ0n) is 17.4. The summed E-state index contributed by atoms with van der Waals surface area (Å²) in [7, 11) is 0. The number of hydrogen-bond donors (Lipinski definition) is 1. The SMILES string of the molecule is CC[C@H]1O[C@@H](n2c(=O)n(CC3CC3)c3c(Cl)nc(N)nc32)[C@H](OC(C)=O)[C@H]1OC(C)=O. The topological polar surface area (TPSA) is 141 Å². The van der Waals surface area contributed by atoms with E-state index in [-0.39, 0.29) is 16.7 Å². The van der Waals surface area contributed by atoms with E-state index in [2.05, 4.69) is 9.97 Å². The molecule has 0 aromatic carbocycles. The molecule has 12 heteroatoms. The summed E-state index contributed by atoms with van der Waals surface area (Å²) in [5.41, 5.74) is 5.87. The molecule has 1 saturated carbocycles. The smallest absolute Gasteiger partial charge is 0.332 e. The lowest BCUT2D eigenvalue weighted by Gasteiger charge is -2.23. The number of carbonyl (C=O) groups excluding carboxylic acids is 2. The van der Waals surface area contributed by atoms with Gasteiger partial charge in [0.1, 0.15) is 11.6 Å². The molecule has 168 valence electrons. The van der Waals surface area contributed by atoms with E-state index in [9.17, 15) is 14.4 Å². The molecular weight excluding hydrogens is 430 g/mol. The average molecular weight is 454 g/mol. The van der Waals surface area contributed by atoms with E-state index in [1.165, 1.54) is 23.0 Å². The van der Waals surface area contributed by atoms with Gasteiger partial charge >= 0.3 is 17.6 Å². The molecule has 0 bridgehead atoms. The van der Waals surface area contributed by atoms with Gasteiger partial charge in [0.15, 0.2) is 29.2 Å². The Labute approximate surface area is 182 Å². The van der Waals surface area contributed by atoms with Gasteiger partial charge in [-0.15, -0.1) is 0 Å². The van der Waals surface area contributed by atoms with Crippen molar-refractivity contribution in [2.24, 2.45) is 5.92 Å². The van der Waals surface area contributed by atoms with Gasteiger partial charge in [-0.3, -0.25) is 14.2 Å². The Morgan fingerprint density at radius 2 is 1.84 bits per heavy atom. The Kier molecular flexibility index (Phi) is 5.65. The molecule has 0 spiro atoms. The summed E-state index contributed by atoms with van der Waals surface area (Å²) >= 11 is 6.34. The molecule has 0 unspecified atom stereocenters. The van der Waals surface area contributed by atoms with Crippen LogP contribution in [0.3, 0.4) is 0 Å². The highest BCUT2D eigenvalue weighted by molar-refractivity contribution is 6.33. The van der Waals surface area contributed by atoms with Crippen LogP contribution in [-0.2, 0) is 30.3 Å². The lowest BCUT2D eigenvalue weighted by Crippen LogP contribution is -2.40. The third kappa shape index (κ3) is 3.99. The standard InChI is InChI=1S/C19H24ClN5O6/c1-4-11-13(29-8(2)26)14(30-9(3)27)17(31-11)25-16-12(15(20)22-18(21)23-16)24(19(25)28)7-10-5-6-10/h10-11,13-14,17H,4-7H2,1-3H3,(H2,21,22,23)/t11-,13+,14-,17-/m1/s1. The second-order valence-electron chi connectivity index (χ2n) is 7.87. The number of esters is 2. The summed E-state index contributed by atoms with van der Waals surface area (Å²) in [5, 5.41) is 0.0459. The van der Waals surface area contributed by atoms with Crippen molar-refractivity contribution in [2.45, 2.75) is 71.1 Å². The summed E-state index contributed by atoms with van der Waals surface area (Å²) in [6.45, 7) is 4.78. The molecule has 2 aromatic rings. The van der Waals surface area contributed by atoms with Gasteiger partial charge in [-0.2, -0.15) is 9.97 Å². The number of imidazole rings is 1. The Bertz CT molecular complexity index is 1090. The number of anilines is 1. The van der Waals surface area contributed by atoms with Gasteiger partial charge < -0.3 is 19.9 Å². The Hall–Kier alpha value is -2.66. The van der Waals surface area contributed by atoms with E-state index in [1.54, 1.807) is 0 Å². The van der Waals surface area contributed by atoms with Crippen LogP contribution in [0.1, 0.15) is 46.3 Å². The van der Waals surface area contributed by atoms with Gasteiger partial charge in [-0.1, -0.05) is 18.5 Å². The number of halogens is 1. The highest BCUT2D eigenvalue weighted by atomic mass is 35.5. The molecule has 2 fully saturated rings. The maximum absolute atomic E-state index is 13.5. The molecule has 4 rings (SSSR count). The molecule has 3 heterocycles. The highest BCUT2D eigenvalue weighted by Gasteiger charge is 2.50. The molecule has 0 amide bonds. The maximum atomic E-state index is 13.5. The van der Waals surface area contributed by atoms with Crippen LogP contribution in [0.15, 0.2) is 4.79 Å². The minimum absolute atomic E-state index is 0.0459. The first-order valence-electron chi connectivity index (χ1n) is 10.1. The minimum Gasteiger partial charge on any atom is -0.456 e. The quantitative estimate of drug-likeness (QED) is 0.507. The Morgan fingerprint density at radius 3 is 2.42 bits per heavy atom. The number of fused-ring (bicyclic) bond motifs is 1. The van der Waals surface area contributed by atoms with Crippen molar-refractivity contribution in [1.82, 2.24) is 19.1 Å². The molecule has 2 aromatic heterocycles. The lowest BCUT2D eigenvalue weighted by atomic mass is 10.1. The van der Waals surface area contributed by atoms with Crippen LogP contribution in [0, 0.1) is 5.92 Å². The fourth-order valence-electron chi connectivity index (χ4n) is 4.00. The van der Waals surface area contributed by atoms with Crippen molar-refractivity contribution in [2.75, 3.05) is 5.73 Å². The summed E-state index contributed by atoms with van der Waals surface area (Å²) in [4.78, 5) is 45.2. The van der Waals surface area contributed by atoms with Gasteiger partial charge in [0.05, 0.1) is 0 Å². The minimum atomic E-state index is -1.08. The molecule has 2 aliphatic rings. The van der Waals surface area contributed by atoms with Crippen LogP contribution in [0.5, 0.6) is 0 Å². The predicted molar refractivity (Wildman–Crippen MR) is 109 cm³/mol. The number of nitrogens with zero attached hydrogens (tertiary/aromatic N) is 4. The van der Waals surface area contributed by atoms with E-state index in [4.69, 9.17) is 31.5 Å². The van der Waals surface area contributed by atoms with Crippen molar-refractivity contribution in [3.8, 4) is 0 Å². The van der Waals surface area contributed by atoms with Gasteiger partial charge in [-0.25, -0.2) is 9.36 Å². The van der Waals surface area contributed by atoms with Crippen molar-refractivity contribution in [1.29, 1.82) is 0 Å². The molecule has 0 radical (unpaired) electrons. The first kappa shape index (κ1) is 21.6. The third-order valence-electron chi connectivity index (χ3n) is 5.46. The van der Waals surface area contributed by atoms with Gasteiger partial charge in [0.2, 0.25) is 5.95 Å². The Morgan fingerprint density at radius 1 is 1.19 bits per heavy atom. The van der Waals surface area contributed by atoms with Crippen molar-refractivity contribution < 1.29 is 23.8 Å². The van der Waals surface area contributed by atoms with Gasteiger partial charge in [0.25, 0.3) is 0 Å². The molecule has 4 atom stereocenters.